The first-order valence-corrected chi connectivity index (χ1v) is 6.27. The lowest BCUT2D eigenvalue weighted by atomic mass is 10.0. The zero-order chi connectivity index (χ0) is 12.7. The molecule has 0 heterocycles. The van der Waals surface area contributed by atoms with Crippen LogP contribution in [-0.4, -0.2) is 32.1 Å². The maximum absolute atomic E-state index is 13.7. The first-order chi connectivity index (χ1) is 8.15. The van der Waals surface area contributed by atoms with E-state index in [0.717, 1.165) is 31.5 Å². The second kappa shape index (κ2) is 7.41. The second-order valence-corrected chi connectivity index (χ2v) is 4.62. The molecule has 3 heteroatoms. The molecular weight excluding hydrogens is 215 g/mol. The maximum Gasteiger partial charge on any atom is 0.127 e. The fourth-order valence-corrected chi connectivity index (χ4v) is 1.83. The van der Waals surface area contributed by atoms with E-state index in [2.05, 4.69) is 17.1 Å². The third-order valence-corrected chi connectivity index (χ3v) is 2.79. The SMILES string of the molecule is CCCNC(CCN(C)C)c1ccccc1F. The minimum Gasteiger partial charge on any atom is -0.310 e. The van der Waals surface area contributed by atoms with Gasteiger partial charge in [-0.25, -0.2) is 4.39 Å². The van der Waals surface area contributed by atoms with Gasteiger partial charge in [0.25, 0.3) is 0 Å². The molecule has 17 heavy (non-hydrogen) atoms. The molecule has 1 N–H and O–H groups in total. The van der Waals surface area contributed by atoms with Gasteiger partial charge in [0.15, 0.2) is 0 Å². The van der Waals surface area contributed by atoms with Crippen LogP contribution in [0.5, 0.6) is 0 Å². The van der Waals surface area contributed by atoms with Gasteiger partial charge in [0.05, 0.1) is 0 Å². The van der Waals surface area contributed by atoms with Crippen LogP contribution in [0.2, 0.25) is 0 Å². The van der Waals surface area contributed by atoms with E-state index in [4.69, 9.17) is 0 Å². The normalized spacial score (nSPS) is 13.0. The minimum absolute atomic E-state index is 0.110. The largest absolute Gasteiger partial charge is 0.310 e. The molecule has 0 aliphatic carbocycles. The van der Waals surface area contributed by atoms with Gasteiger partial charge in [-0.1, -0.05) is 25.1 Å². The molecule has 0 bridgehead atoms. The van der Waals surface area contributed by atoms with Crippen LogP contribution in [-0.2, 0) is 0 Å². The molecule has 0 aliphatic heterocycles. The van der Waals surface area contributed by atoms with Crippen LogP contribution in [0.1, 0.15) is 31.4 Å². The van der Waals surface area contributed by atoms with Crippen molar-refractivity contribution in [1.82, 2.24) is 10.2 Å². The molecule has 0 aliphatic rings. The van der Waals surface area contributed by atoms with Gasteiger partial charge in [0, 0.05) is 11.6 Å². The number of benzene rings is 1. The average Bonchev–Trinajstić information content (AvgIpc) is 2.30. The lowest BCUT2D eigenvalue weighted by Crippen LogP contribution is -2.27. The van der Waals surface area contributed by atoms with Crippen molar-refractivity contribution in [2.45, 2.75) is 25.8 Å². The van der Waals surface area contributed by atoms with Crippen molar-refractivity contribution in [2.24, 2.45) is 0 Å². The summed E-state index contributed by atoms with van der Waals surface area (Å²) in [5.74, 6) is -0.111. The van der Waals surface area contributed by atoms with Crippen molar-refractivity contribution in [3.05, 3.63) is 35.6 Å². The standard InChI is InChI=1S/C14H23FN2/c1-4-10-16-14(9-11-17(2)3)12-7-5-6-8-13(12)15/h5-8,14,16H,4,9-11H2,1-3H3. The highest BCUT2D eigenvalue weighted by Gasteiger charge is 2.14. The number of halogens is 1. The van der Waals surface area contributed by atoms with Gasteiger partial charge in [-0.05, 0) is 46.1 Å². The molecule has 1 atom stereocenters. The van der Waals surface area contributed by atoms with Crippen molar-refractivity contribution < 1.29 is 4.39 Å². The Morgan fingerprint density at radius 3 is 2.59 bits per heavy atom. The van der Waals surface area contributed by atoms with Crippen molar-refractivity contribution in [3.63, 3.8) is 0 Å². The highest BCUT2D eigenvalue weighted by molar-refractivity contribution is 5.21. The van der Waals surface area contributed by atoms with Crippen LogP contribution in [0.4, 0.5) is 4.39 Å². The summed E-state index contributed by atoms with van der Waals surface area (Å²) in [5.41, 5.74) is 0.780. The van der Waals surface area contributed by atoms with Gasteiger partial charge in [-0.15, -0.1) is 0 Å². The molecule has 1 aromatic carbocycles. The predicted molar refractivity (Wildman–Crippen MR) is 70.6 cm³/mol. The van der Waals surface area contributed by atoms with E-state index in [0.29, 0.717) is 0 Å². The van der Waals surface area contributed by atoms with E-state index in [1.807, 2.05) is 26.2 Å². The first-order valence-electron chi connectivity index (χ1n) is 6.27. The Labute approximate surface area is 104 Å². The maximum atomic E-state index is 13.7. The van der Waals surface area contributed by atoms with Gasteiger partial charge in [0.1, 0.15) is 5.82 Å². The molecule has 0 spiro atoms. The van der Waals surface area contributed by atoms with Crippen molar-refractivity contribution in [1.29, 1.82) is 0 Å². The van der Waals surface area contributed by atoms with Crippen molar-refractivity contribution in [2.75, 3.05) is 27.2 Å². The van der Waals surface area contributed by atoms with Gasteiger partial charge in [-0.3, -0.25) is 0 Å². The summed E-state index contributed by atoms with van der Waals surface area (Å²) in [6.45, 7) is 4.00. The van der Waals surface area contributed by atoms with Crippen LogP contribution in [0.25, 0.3) is 0 Å². The predicted octanol–water partition coefficient (Wildman–Crippen LogP) is 2.82. The Morgan fingerprint density at radius 1 is 1.29 bits per heavy atom. The van der Waals surface area contributed by atoms with Crippen LogP contribution in [0, 0.1) is 5.82 Å². The Balaban J connectivity index is 2.71. The van der Waals surface area contributed by atoms with Gasteiger partial charge < -0.3 is 10.2 Å². The molecule has 0 saturated carbocycles. The van der Waals surface area contributed by atoms with E-state index in [-0.39, 0.29) is 11.9 Å². The van der Waals surface area contributed by atoms with Crippen LogP contribution < -0.4 is 5.32 Å². The Morgan fingerprint density at radius 2 is 2.00 bits per heavy atom. The number of rotatable bonds is 7. The molecule has 0 radical (unpaired) electrons. The molecule has 1 rings (SSSR count). The first kappa shape index (κ1) is 14.1. The van der Waals surface area contributed by atoms with E-state index in [1.54, 1.807) is 6.07 Å². The number of nitrogens with one attached hydrogen (secondary N) is 1. The monoisotopic (exact) mass is 238 g/mol. The van der Waals surface area contributed by atoms with Gasteiger partial charge >= 0.3 is 0 Å². The van der Waals surface area contributed by atoms with E-state index in [1.165, 1.54) is 6.07 Å². The third-order valence-electron chi connectivity index (χ3n) is 2.79. The summed E-state index contributed by atoms with van der Waals surface area (Å²) in [4.78, 5) is 2.13. The third kappa shape index (κ3) is 4.84. The zero-order valence-electron chi connectivity index (χ0n) is 11.0. The molecule has 1 aromatic rings. The Bertz CT molecular complexity index is 326. The second-order valence-electron chi connectivity index (χ2n) is 4.62. The molecular formula is C14H23FN2. The van der Waals surface area contributed by atoms with Crippen LogP contribution in [0.15, 0.2) is 24.3 Å². The minimum atomic E-state index is -0.111. The zero-order valence-corrected chi connectivity index (χ0v) is 11.0. The lowest BCUT2D eigenvalue weighted by molar-refractivity contribution is 0.356. The summed E-state index contributed by atoms with van der Waals surface area (Å²) >= 11 is 0. The summed E-state index contributed by atoms with van der Waals surface area (Å²) in [6, 6.07) is 7.15. The Kier molecular flexibility index (Phi) is 6.16. The van der Waals surface area contributed by atoms with Gasteiger partial charge in [0.2, 0.25) is 0 Å². The molecule has 0 amide bonds. The van der Waals surface area contributed by atoms with Crippen LogP contribution >= 0.6 is 0 Å². The fourth-order valence-electron chi connectivity index (χ4n) is 1.83. The van der Waals surface area contributed by atoms with Crippen LogP contribution in [0.3, 0.4) is 0 Å². The number of hydrogen-bond acceptors (Lipinski definition) is 2. The molecule has 96 valence electrons. The number of hydrogen-bond donors (Lipinski definition) is 1. The Hall–Kier alpha value is -0.930. The highest BCUT2D eigenvalue weighted by atomic mass is 19.1. The highest BCUT2D eigenvalue weighted by Crippen LogP contribution is 2.20. The smallest absolute Gasteiger partial charge is 0.127 e. The quantitative estimate of drug-likeness (QED) is 0.786. The fraction of sp³-hybridized carbons (Fsp3) is 0.571. The van der Waals surface area contributed by atoms with Crippen molar-refractivity contribution >= 4 is 0 Å². The summed E-state index contributed by atoms with van der Waals surface area (Å²) in [5, 5.41) is 3.42. The summed E-state index contributed by atoms with van der Waals surface area (Å²) < 4.78 is 13.7. The van der Waals surface area contributed by atoms with Crippen molar-refractivity contribution in [3.8, 4) is 0 Å². The molecule has 1 unspecified atom stereocenters. The van der Waals surface area contributed by atoms with E-state index >= 15 is 0 Å². The molecule has 0 saturated heterocycles. The molecule has 0 fully saturated rings. The van der Waals surface area contributed by atoms with E-state index < -0.39 is 0 Å². The molecule has 2 nitrogen and oxygen atoms in total. The summed E-state index contributed by atoms with van der Waals surface area (Å²) in [6.07, 6.45) is 1.99. The topological polar surface area (TPSA) is 15.3 Å². The average molecular weight is 238 g/mol. The van der Waals surface area contributed by atoms with Gasteiger partial charge in [-0.2, -0.15) is 0 Å². The summed E-state index contributed by atoms with van der Waals surface area (Å²) in [7, 11) is 4.08. The lowest BCUT2D eigenvalue weighted by Gasteiger charge is -2.21. The number of nitrogens with zero attached hydrogens (tertiary/aromatic N) is 1. The van der Waals surface area contributed by atoms with E-state index in [9.17, 15) is 4.39 Å². The molecule has 0 aromatic heterocycles.